The maximum absolute atomic E-state index is 5.62. The molecule has 2 heterocycles. The van der Waals surface area contributed by atoms with E-state index in [-0.39, 0.29) is 0 Å². The lowest BCUT2D eigenvalue weighted by Crippen LogP contribution is -1.74. The molecular weight excluding hydrogens is 208 g/mol. The first-order valence-corrected chi connectivity index (χ1v) is 5.08. The van der Waals surface area contributed by atoms with Crippen LogP contribution >= 0.6 is 22.9 Å². The number of hydrogen-bond acceptors (Lipinski definition) is 4. The van der Waals surface area contributed by atoms with Crippen LogP contribution in [0.4, 0.5) is 0 Å². The van der Waals surface area contributed by atoms with Gasteiger partial charge in [-0.1, -0.05) is 11.3 Å². The van der Waals surface area contributed by atoms with Gasteiger partial charge < -0.3 is 4.42 Å². The third-order valence-corrected chi connectivity index (χ3v) is 2.94. The maximum Gasteiger partial charge on any atom is 0.151 e. The normalized spacial score (nSPS) is 10.6. The molecule has 0 fully saturated rings. The summed E-state index contributed by atoms with van der Waals surface area (Å²) >= 11 is 7.10. The Hall–Kier alpha value is -0.870. The van der Waals surface area contributed by atoms with Crippen LogP contribution in [-0.2, 0) is 5.88 Å². The second-order valence-electron chi connectivity index (χ2n) is 2.58. The molecule has 0 atom stereocenters. The van der Waals surface area contributed by atoms with Crippen molar-refractivity contribution in [1.29, 1.82) is 0 Å². The van der Waals surface area contributed by atoms with Gasteiger partial charge in [-0.2, -0.15) is 0 Å². The third-order valence-electron chi connectivity index (χ3n) is 1.56. The fourth-order valence-electron chi connectivity index (χ4n) is 0.980. The van der Waals surface area contributed by atoms with E-state index in [2.05, 4.69) is 10.2 Å². The largest absolute Gasteiger partial charge is 0.469 e. The fraction of sp³-hybridized carbons (Fsp3) is 0.250. The van der Waals surface area contributed by atoms with Gasteiger partial charge in [0.15, 0.2) is 5.01 Å². The van der Waals surface area contributed by atoms with Crippen LogP contribution in [0, 0.1) is 6.92 Å². The molecule has 3 nitrogen and oxygen atoms in total. The molecule has 2 rings (SSSR count). The van der Waals surface area contributed by atoms with Crippen molar-refractivity contribution >= 4 is 22.9 Å². The molecule has 0 radical (unpaired) electrons. The Labute approximate surface area is 84.4 Å². The first-order valence-electron chi connectivity index (χ1n) is 3.73. The summed E-state index contributed by atoms with van der Waals surface area (Å²) in [6.45, 7) is 1.90. The van der Waals surface area contributed by atoms with Crippen molar-refractivity contribution in [3.05, 3.63) is 23.1 Å². The quantitative estimate of drug-likeness (QED) is 0.722. The molecule has 0 aliphatic heterocycles. The van der Waals surface area contributed by atoms with Gasteiger partial charge in [0.1, 0.15) is 17.0 Å². The minimum Gasteiger partial charge on any atom is -0.469 e. The van der Waals surface area contributed by atoms with Crippen molar-refractivity contribution in [2.45, 2.75) is 12.8 Å². The highest BCUT2D eigenvalue weighted by molar-refractivity contribution is 7.14. The molecule has 0 unspecified atom stereocenters. The molecule has 2 aromatic rings. The van der Waals surface area contributed by atoms with Crippen molar-refractivity contribution in [1.82, 2.24) is 10.2 Å². The van der Waals surface area contributed by atoms with Crippen molar-refractivity contribution in [2.75, 3.05) is 0 Å². The first kappa shape index (κ1) is 8.72. The molecule has 0 spiro atoms. The number of halogens is 1. The summed E-state index contributed by atoms with van der Waals surface area (Å²) in [7, 11) is 0. The number of alkyl halides is 1. The molecule has 0 aromatic carbocycles. The van der Waals surface area contributed by atoms with Crippen LogP contribution in [0.2, 0.25) is 0 Å². The highest BCUT2D eigenvalue weighted by Crippen LogP contribution is 2.25. The van der Waals surface area contributed by atoms with E-state index in [4.69, 9.17) is 16.0 Å². The Morgan fingerprint density at radius 3 is 2.92 bits per heavy atom. The van der Waals surface area contributed by atoms with Gasteiger partial charge in [0.2, 0.25) is 0 Å². The van der Waals surface area contributed by atoms with E-state index in [0.29, 0.717) is 5.88 Å². The van der Waals surface area contributed by atoms with Crippen LogP contribution in [-0.4, -0.2) is 10.2 Å². The van der Waals surface area contributed by atoms with Gasteiger partial charge in [0, 0.05) is 0 Å². The number of hydrogen-bond donors (Lipinski definition) is 0. The fourth-order valence-corrected chi connectivity index (χ4v) is 1.86. The molecule has 0 aliphatic rings. The zero-order valence-corrected chi connectivity index (χ0v) is 8.52. The first-order chi connectivity index (χ1) is 6.29. The third kappa shape index (κ3) is 1.73. The van der Waals surface area contributed by atoms with E-state index >= 15 is 0 Å². The Morgan fingerprint density at radius 1 is 1.54 bits per heavy atom. The van der Waals surface area contributed by atoms with Crippen molar-refractivity contribution in [3.8, 4) is 10.6 Å². The molecule has 2 aromatic heterocycles. The Balaban J connectivity index is 2.35. The predicted octanol–water partition coefficient (Wildman–Crippen LogP) is 2.85. The highest BCUT2D eigenvalue weighted by Gasteiger charge is 2.07. The second-order valence-corrected chi connectivity index (χ2v) is 3.91. The number of aromatic nitrogens is 2. The van der Waals surface area contributed by atoms with Crippen molar-refractivity contribution in [2.24, 2.45) is 0 Å². The number of aryl methyl sites for hydroxylation is 1. The molecule has 68 valence electrons. The van der Waals surface area contributed by atoms with Crippen LogP contribution in [0.15, 0.2) is 16.7 Å². The number of furan rings is 1. The van der Waals surface area contributed by atoms with Crippen LogP contribution in [0.1, 0.15) is 10.8 Å². The Bertz CT molecular complexity index is 410. The molecule has 0 saturated heterocycles. The van der Waals surface area contributed by atoms with Crippen LogP contribution in [0.5, 0.6) is 0 Å². The summed E-state index contributed by atoms with van der Waals surface area (Å²) in [6.07, 6.45) is 1.67. The molecule has 0 amide bonds. The highest BCUT2D eigenvalue weighted by atomic mass is 35.5. The van der Waals surface area contributed by atoms with E-state index in [9.17, 15) is 0 Å². The maximum atomic E-state index is 5.62. The summed E-state index contributed by atoms with van der Waals surface area (Å²) in [5.74, 6) is 1.28. The van der Waals surface area contributed by atoms with Crippen LogP contribution in [0.3, 0.4) is 0 Å². The van der Waals surface area contributed by atoms with Gasteiger partial charge >= 0.3 is 0 Å². The van der Waals surface area contributed by atoms with Crippen molar-refractivity contribution in [3.63, 3.8) is 0 Å². The molecule has 0 N–H and O–H groups in total. The SMILES string of the molecule is Cc1cc(-c2nnc(CCl)s2)co1. The second kappa shape index (κ2) is 3.47. The summed E-state index contributed by atoms with van der Waals surface area (Å²) in [4.78, 5) is 0. The molecular formula is C8H7ClN2OS. The Morgan fingerprint density at radius 2 is 2.38 bits per heavy atom. The van der Waals surface area contributed by atoms with Gasteiger partial charge in [-0.15, -0.1) is 21.8 Å². The molecule has 0 aliphatic carbocycles. The zero-order valence-electron chi connectivity index (χ0n) is 6.95. The summed E-state index contributed by atoms with van der Waals surface area (Å²) in [5, 5.41) is 9.59. The topological polar surface area (TPSA) is 38.9 Å². The molecule has 13 heavy (non-hydrogen) atoms. The van der Waals surface area contributed by atoms with Crippen LogP contribution < -0.4 is 0 Å². The van der Waals surface area contributed by atoms with E-state index in [1.54, 1.807) is 6.26 Å². The zero-order chi connectivity index (χ0) is 9.26. The van der Waals surface area contributed by atoms with E-state index in [0.717, 1.165) is 21.3 Å². The van der Waals surface area contributed by atoms with E-state index in [1.165, 1.54) is 11.3 Å². The minimum absolute atomic E-state index is 0.411. The number of rotatable bonds is 2. The lowest BCUT2D eigenvalue weighted by atomic mass is 10.3. The van der Waals surface area contributed by atoms with Crippen LogP contribution in [0.25, 0.3) is 10.6 Å². The average molecular weight is 215 g/mol. The van der Waals surface area contributed by atoms with E-state index < -0.39 is 0 Å². The molecule has 0 bridgehead atoms. The standard InChI is InChI=1S/C8H7ClN2OS/c1-5-2-6(4-12-5)8-11-10-7(3-9)13-8/h2,4H,3H2,1H3. The van der Waals surface area contributed by atoms with Gasteiger partial charge in [-0.05, 0) is 13.0 Å². The lowest BCUT2D eigenvalue weighted by Gasteiger charge is -1.82. The minimum atomic E-state index is 0.411. The monoisotopic (exact) mass is 214 g/mol. The molecule has 5 heteroatoms. The lowest BCUT2D eigenvalue weighted by molar-refractivity contribution is 0.535. The Kier molecular flexibility index (Phi) is 2.33. The summed E-state index contributed by atoms with van der Waals surface area (Å²) in [6, 6.07) is 1.93. The van der Waals surface area contributed by atoms with E-state index in [1.807, 2.05) is 13.0 Å². The average Bonchev–Trinajstić information content (AvgIpc) is 2.71. The van der Waals surface area contributed by atoms with Gasteiger partial charge in [-0.25, -0.2) is 0 Å². The summed E-state index contributed by atoms with van der Waals surface area (Å²) < 4.78 is 5.17. The van der Waals surface area contributed by atoms with Crippen molar-refractivity contribution < 1.29 is 4.42 Å². The summed E-state index contributed by atoms with van der Waals surface area (Å²) in [5.41, 5.74) is 0.964. The van der Waals surface area contributed by atoms with Gasteiger partial charge in [-0.3, -0.25) is 0 Å². The molecule has 0 saturated carbocycles. The predicted molar refractivity (Wildman–Crippen MR) is 51.9 cm³/mol. The number of nitrogens with zero attached hydrogens (tertiary/aromatic N) is 2. The van der Waals surface area contributed by atoms with Gasteiger partial charge in [0.05, 0.1) is 11.4 Å². The smallest absolute Gasteiger partial charge is 0.151 e. The van der Waals surface area contributed by atoms with Gasteiger partial charge in [0.25, 0.3) is 0 Å².